The first kappa shape index (κ1) is 14.7. The summed E-state index contributed by atoms with van der Waals surface area (Å²) >= 11 is 0. The van der Waals surface area contributed by atoms with Crippen molar-refractivity contribution in [3.05, 3.63) is 53.7 Å². The molecule has 1 aliphatic heterocycles. The molecule has 2 heterocycles. The third-order valence-corrected chi connectivity index (χ3v) is 4.77. The lowest BCUT2D eigenvalue weighted by atomic mass is 9.93. The zero-order chi connectivity index (χ0) is 16.7. The molecule has 0 radical (unpaired) electrons. The molecule has 1 fully saturated rings. The van der Waals surface area contributed by atoms with Crippen molar-refractivity contribution in [1.29, 1.82) is 5.26 Å². The maximum atomic E-state index is 13.3. The molecule has 1 aliphatic carbocycles. The fourth-order valence-corrected chi connectivity index (χ4v) is 3.33. The van der Waals surface area contributed by atoms with E-state index in [0.29, 0.717) is 18.0 Å². The average molecular weight is 319 g/mol. The molecule has 5 nitrogen and oxygen atoms in total. The molecule has 1 amide bonds. The van der Waals surface area contributed by atoms with Crippen molar-refractivity contribution in [1.82, 2.24) is 4.98 Å². The van der Waals surface area contributed by atoms with Crippen LogP contribution >= 0.6 is 0 Å². The maximum absolute atomic E-state index is 13.3. The van der Waals surface area contributed by atoms with E-state index >= 15 is 0 Å². The lowest BCUT2D eigenvalue weighted by Gasteiger charge is -2.34. The first-order valence-electron chi connectivity index (χ1n) is 8.08. The van der Waals surface area contributed by atoms with Crippen LogP contribution in [-0.4, -0.2) is 23.5 Å². The van der Waals surface area contributed by atoms with Crippen LogP contribution in [0.25, 0.3) is 0 Å². The van der Waals surface area contributed by atoms with Gasteiger partial charge in [-0.25, -0.2) is 4.98 Å². The van der Waals surface area contributed by atoms with Gasteiger partial charge in [-0.3, -0.25) is 4.79 Å². The Morgan fingerprint density at radius 2 is 2.08 bits per heavy atom. The van der Waals surface area contributed by atoms with Gasteiger partial charge in [0.25, 0.3) is 0 Å². The number of anilines is 1. The SMILES string of the molecule is C[C@H]1CN(C(=O)C2(c3ccc(C#N)cc3)CC2)c2cccnc2O1. The van der Waals surface area contributed by atoms with E-state index in [9.17, 15) is 4.79 Å². The minimum atomic E-state index is -0.474. The van der Waals surface area contributed by atoms with Gasteiger partial charge in [-0.2, -0.15) is 5.26 Å². The fourth-order valence-electron chi connectivity index (χ4n) is 3.33. The Kier molecular flexibility index (Phi) is 3.27. The molecule has 2 aliphatic rings. The van der Waals surface area contributed by atoms with E-state index in [1.807, 2.05) is 36.1 Å². The summed E-state index contributed by atoms with van der Waals surface area (Å²) in [6.07, 6.45) is 3.25. The fraction of sp³-hybridized carbons (Fsp3) is 0.316. The predicted octanol–water partition coefficient (Wildman–Crippen LogP) is 2.80. The molecular weight excluding hydrogens is 302 g/mol. The molecule has 1 aromatic heterocycles. The normalized spacial score (nSPS) is 20.5. The monoisotopic (exact) mass is 319 g/mol. The Morgan fingerprint density at radius 1 is 1.33 bits per heavy atom. The number of hydrogen-bond acceptors (Lipinski definition) is 4. The van der Waals surface area contributed by atoms with Gasteiger partial charge in [-0.1, -0.05) is 12.1 Å². The molecule has 0 bridgehead atoms. The smallest absolute Gasteiger partial charge is 0.238 e. The van der Waals surface area contributed by atoms with Crippen LogP contribution in [0.1, 0.15) is 30.9 Å². The van der Waals surface area contributed by atoms with E-state index < -0.39 is 5.41 Å². The number of rotatable bonds is 2. The lowest BCUT2D eigenvalue weighted by molar-refractivity contribution is -0.121. The molecular formula is C19H17N3O2. The largest absolute Gasteiger partial charge is 0.471 e. The lowest BCUT2D eigenvalue weighted by Crippen LogP contribution is -2.47. The highest BCUT2D eigenvalue weighted by atomic mass is 16.5. The topological polar surface area (TPSA) is 66.2 Å². The Balaban J connectivity index is 1.69. The number of benzene rings is 1. The van der Waals surface area contributed by atoms with Gasteiger partial charge in [0.15, 0.2) is 0 Å². The second kappa shape index (κ2) is 5.34. The molecule has 0 unspecified atom stereocenters. The van der Waals surface area contributed by atoms with Crippen molar-refractivity contribution < 1.29 is 9.53 Å². The number of fused-ring (bicyclic) bond motifs is 1. The van der Waals surface area contributed by atoms with E-state index in [-0.39, 0.29) is 12.0 Å². The van der Waals surface area contributed by atoms with E-state index in [0.717, 1.165) is 24.1 Å². The highest BCUT2D eigenvalue weighted by Crippen LogP contribution is 2.51. The zero-order valence-electron chi connectivity index (χ0n) is 13.4. The Labute approximate surface area is 140 Å². The summed E-state index contributed by atoms with van der Waals surface area (Å²) in [5.41, 5.74) is 1.85. The van der Waals surface area contributed by atoms with Crippen LogP contribution < -0.4 is 9.64 Å². The number of carbonyl (C=O) groups is 1. The quantitative estimate of drug-likeness (QED) is 0.853. The van der Waals surface area contributed by atoms with E-state index in [1.54, 1.807) is 18.3 Å². The van der Waals surface area contributed by atoms with Gasteiger partial charge in [0.2, 0.25) is 11.8 Å². The number of nitriles is 1. The number of nitrogens with zero attached hydrogens (tertiary/aromatic N) is 3. The van der Waals surface area contributed by atoms with Crippen molar-refractivity contribution in [2.75, 3.05) is 11.4 Å². The molecule has 24 heavy (non-hydrogen) atoms. The van der Waals surface area contributed by atoms with Gasteiger partial charge in [0.05, 0.1) is 23.6 Å². The first-order chi connectivity index (χ1) is 11.6. The van der Waals surface area contributed by atoms with Crippen molar-refractivity contribution >= 4 is 11.6 Å². The third-order valence-electron chi connectivity index (χ3n) is 4.77. The van der Waals surface area contributed by atoms with Gasteiger partial charge >= 0.3 is 0 Å². The number of carbonyl (C=O) groups excluding carboxylic acids is 1. The van der Waals surface area contributed by atoms with Crippen molar-refractivity contribution in [3.8, 4) is 11.9 Å². The highest BCUT2D eigenvalue weighted by Gasteiger charge is 2.54. The summed E-state index contributed by atoms with van der Waals surface area (Å²) < 4.78 is 5.74. The van der Waals surface area contributed by atoms with Gasteiger partial charge in [-0.15, -0.1) is 0 Å². The standard InChI is InChI=1S/C19H17N3O2/c1-13-12-22(16-3-2-10-21-17(16)24-13)18(23)19(8-9-19)15-6-4-14(11-20)5-7-15/h2-7,10,13H,8-9,12H2,1H3/t13-/m0/s1. The van der Waals surface area contributed by atoms with Gasteiger partial charge in [0.1, 0.15) is 11.8 Å². The molecule has 0 N–H and O–H groups in total. The van der Waals surface area contributed by atoms with Gasteiger partial charge in [-0.05, 0) is 49.6 Å². The Morgan fingerprint density at radius 3 is 2.75 bits per heavy atom. The van der Waals surface area contributed by atoms with Crippen LogP contribution in [0, 0.1) is 11.3 Å². The molecule has 2 aromatic rings. The van der Waals surface area contributed by atoms with E-state index in [1.165, 1.54) is 0 Å². The average Bonchev–Trinajstić information content (AvgIpc) is 3.42. The summed E-state index contributed by atoms with van der Waals surface area (Å²) in [7, 11) is 0. The highest BCUT2D eigenvalue weighted by molar-refractivity contribution is 6.04. The molecule has 0 spiro atoms. The summed E-state index contributed by atoms with van der Waals surface area (Å²) in [4.78, 5) is 19.4. The molecule has 4 rings (SSSR count). The van der Waals surface area contributed by atoms with Crippen LogP contribution in [0.2, 0.25) is 0 Å². The summed E-state index contributed by atoms with van der Waals surface area (Å²) in [6, 6.07) is 13.2. The molecule has 1 saturated carbocycles. The number of aromatic nitrogens is 1. The van der Waals surface area contributed by atoms with Gasteiger partial charge < -0.3 is 9.64 Å². The Bertz CT molecular complexity index is 834. The second-order valence-electron chi connectivity index (χ2n) is 6.44. The molecule has 1 aromatic carbocycles. The van der Waals surface area contributed by atoms with Crippen molar-refractivity contribution in [2.45, 2.75) is 31.3 Å². The molecule has 5 heteroatoms. The summed E-state index contributed by atoms with van der Waals surface area (Å²) in [6.45, 7) is 2.47. The van der Waals surface area contributed by atoms with Crippen molar-refractivity contribution in [3.63, 3.8) is 0 Å². The number of pyridine rings is 1. The van der Waals surface area contributed by atoms with Crippen LogP contribution in [0.3, 0.4) is 0 Å². The number of amides is 1. The van der Waals surface area contributed by atoms with E-state index in [2.05, 4.69) is 11.1 Å². The third kappa shape index (κ3) is 2.23. The van der Waals surface area contributed by atoms with Crippen LogP contribution in [0.4, 0.5) is 5.69 Å². The predicted molar refractivity (Wildman–Crippen MR) is 88.7 cm³/mol. The summed E-state index contributed by atoms with van der Waals surface area (Å²) in [5.74, 6) is 0.608. The van der Waals surface area contributed by atoms with E-state index in [4.69, 9.17) is 10.00 Å². The number of hydrogen-bond donors (Lipinski definition) is 0. The molecule has 1 atom stereocenters. The molecule has 120 valence electrons. The van der Waals surface area contributed by atoms with Crippen molar-refractivity contribution in [2.24, 2.45) is 0 Å². The minimum absolute atomic E-state index is 0.0897. The minimum Gasteiger partial charge on any atom is -0.471 e. The Hall–Kier alpha value is -2.87. The van der Waals surface area contributed by atoms with Crippen LogP contribution in [-0.2, 0) is 10.2 Å². The van der Waals surface area contributed by atoms with Crippen LogP contribution in [0.5, 0.6) is 5.88 Å². The zero-order valence-corrected chi connectivity index (χ0v) is 13.4. The molecule has 0 saturated heterocycles. The maximum Gasteiger partial charge on any atom is 0.238 e. The second-order valence-corrected chi connectivity index (χ2v) is 6.44. The van der Waals surface area contributed by atoms with Crippen LogP contribution in [0.15, 0.2) is 42.6 Å². The first-order valence-corrected chi connectivity index (χ1v) is 8.08. The van der Waals surface area contributed by atoms with Gasteiger partial charge in [0, 0.05) is 6.20 Å². The summed E-state index contributed by atoms with van der Waals surface area (Å²) in [5, 5.41) is 8.95. The number of ether oxygens (including phenoxy) is 1.